The van der Waals surface area contributed by atoms with Gasteiger partial charge in [0.25, 0.3) is 0 Å². The molecule has 134 valence electrons. The molecule has 2 saturated carbocycles. The molecule has 0 aromatic heterocycles. The maximum atomic E-state index is 12.7. The summed E-state index contributed by atoms with van der Waals surface area (Å²) in [6, 6.07) is 9.13. The lowest BCUT2D eigenvalue weighted by Gasteiger charge is -2.45. The maximum absolute atomic E-state index is 12.7. The number of carbonyl (C=O) groups excluding carboxylic acids is 1. The third kappa shape index (κ3) is 4.12. The van der Waals surface area contributed by atoms with Gasteiger partial charge in [-0.2, -0.15) is 0 Å². The topological polar surface area (TPSA) is 55.1 Å². The number of rotatable bonds is 4. The summed E-state index contributed by atoms with van der Waals surface area (Å²) in [6.07, 6.45) is 6.90. The van der Waals surface area contributed by atoms with Gasteiger partial charge in [-0.25, -0.2) is 0 Å². The molecule has 3 unspecified atom stereocenters. The van der Waals surface area contributed by atoms with E-state index in [2.05, 4.69) is 36.5 Å². The number of benzene rings is 1. The van der Waals surface area contributed by atoms with Crippen LogP contribution in [0.25, 0.3) is 0 Å². The molecule has 0 heterocycles. The van der Waals surface area contributed by atoms with Gasteiger partial charge in [-0.05, 0) is 62.0 Å². The Morgan fingerprint density at radius 1 is 1.21 bits per heavy atom. The Morgan fingerprint density at radius 2 is 1.79 bits per heavy atom. The summed E-state index contributed by atoms with van der Waals surface area (Å²) < 4.78 is 0. The number of amides is 1. The predicted molar refractivity (Wildman–Crippen MR) is 101 cm³/mol. The van der Waals surface area contributed by atoms with Gasteiger partial charge < -0.3 is 11.1 Å². The van der Waals surface area contributed by atoms with Crippen molar-refractivity contribution in [2.45, 2.75) is 70.4 Å². The number of hydrogen-bond acceptors (Lipinski definition) is 2. The third-order valence-electron chi connectivity index (χ3n) is 5.97. The molecule has 4 heteroatoms. The molecule has 3 rings (SSSR count). The van der Waals surface area contributed by atoms with E-state index in [0.29, 0.717) is 23.9 Å². The van der Waals surface area contributed by atoms with Gasteiger partial charge in [-0.15, -0.1) is 12.4 Å². The fourth-order valence-corrected chi connectivity index (χ4v) is 4.51. The Kier molecular flexibility index (Phi) is 6.70. The second-order valence-electron chi connectivity index (χ2n) is 7.53. The number of carbonyl (C=O) groups is 1. The first-order valence-electron chi connectivity index (χ1n) is 9.23. The fourth-order valence-electron chi connectivity index (χ4n) is 4.51. The molecule has 1 aromatic carbocycles. The van der Waals surface area contributed by atoms with Crippen LogP contribution >= 0.6 is 12.4 Å². The molecule has 0 aliphatic heterocycles. The number of aryl methyl sites for hydroxylation is 1. The summed E-state index contributed by atoms with van der Waals surface area (Å²) in [7, 11) is 0. The van der Waals surface area contributed by atoms with E-state index < -0.39 is 0 Å². The van der Waals surface area contributed by atoms with Gasteiger partial charge in [0, 0.05) is 12.1 Å². The van der Waals surface area contributed by atoms with Crippen LogP contribution in [0.4, 0.5) is 0 Å². The first-order chi connectivity index (χ1) is 11.1. The van der Waals surface area contributed by atoms with Crippen molar-refractivity contribution in [3.63, 3.8) is 0 Å². The van der Waals surface area contributed by atoms with Crippen LogP contribution in [-0.4, -0.2) is 18.0 Å². The van der Waals surface area contributed by atoms with Crippen LogP contribution in [0.2, 0.25) is 0 Å². The van der Waals surface area contributed by atoms with E-state index in [0.717, 1.165) is 24.8 Å². The monoisotopic (exact) mass is 350 g/mol. The zero-order valence-electron chi connectivity index (χ0n) is 14.8. The lowest BCUT2D eigenvalue weighted by molar-refractivity contribution is -0.124. The van der Waals surface area contributed by atoms with Gasteiger partial charge in [-0.1, -0.05) is 37.6 Å². The summed E-state index contributed by atoms with van der Waals surface area (Å²) in [6.45, 7) is 4.16. The van der Waals surface area contributed by atoms with E-state index in [-0.39, 0.29) is 24.2 Å². The van der Waals surface area contributed by atoms with Gasteiger partial charge in [0.05, 0.1) is 5.92 Å². The minimum absolute atomic E-state index is 0. The van der Waals surface area contributed by atoms with Crippen molar-refractivity contribution in [2.75, 3.05) is 0 Å². The van der Waals surface area contributed by atoms with Crippen molar-refractivity contribution in [1.82, 2.24) is 5.32 Å². The van der Waals surface area contributed by atoms with E-state index in [9.17, 15) is 4.79 Å². The normalized spacial score (nSPS) is 30.1. The highest BCUT2D eigenvalue weighted by Gasteiger charge is 2.40. The average Bonchev–Trinajstić information content (AvgIpc) is 2.55. The maximum Gasteiger partial charge on any atom is 0.227 e. The molecular formula is C20H31ClN2O. The molecule has 2 bridgehead atoms. The first kappa shape index (κ1) is 19.3. The van der Waals surface area contributed by atoms with E-state index in [1.807, 2.05) is 6.92 Å². The van der Waals surface area contributed by atoms with Gasteiger partial charge in [0.1, 0.15) is 0 Å². The molecule has 3 atom stereocenters. The predicted octanol–water partition coefficient (Wildman–Crippen LogP) is 3.80. The summed E-state index contributed by atoms with van der Waals surface area (Å²) in [4.78, 5) is 12.7. The summed E-state index contributed by atoms with van der Waals surface area (Å²) in [5.41, 5.74) is 8.61. The van der Waals surface area contributed by atoms with Crippen LogP contribution in [0.5, 0.6) is 0 Å². The average molecular weight is 351 g/mol. The van der Waals surface area contributed by atoms with Crippen molar-refractivity contribution < 1.29 is 4.79 Å². The fraction of sp³-hybridized carbons (Fsp3) is 0.650. The SMILES string of the molecule is CCc1ccc(C(C)C(=O)NC2C3CCCC2CC(N)C3)cc1.Cl. The van der Waals surface area contributed by atoms with Gasteiger partial charge in [0.15, 0.2) is 0 Å². The molecule has 0 saturated heterocycles. The van der Waals surface area contributed by atoms with Crippen LogP contribution in [0, 0.1) is 11.8 Å². The summed E-state index contributed by atoms with van der Waals surface area (Å²) >= 11 is 0. The molecular weight excluding hydrogens is 320 g/mol. The molecule has 2 aliphatic rings. The van der Waals surface area contributed by atoms with Crippen molar-refractivity contribution >= 4 is 18.3 Å². The lowest BCUT2D eigenvalue weighted by Crippen LogP contribution is -2.54. The van der Waals surface area contributed by atoms with E-state index in [4.69, 9.17) is 5.73 Å². The van der Waals surface area contributed by atoms with E-state index in [1.165, 1.54) is 24.8 Å². The van der Waals surface area contributed by atoms with Gasteiger partial charge >= 0.3 is 0 Å². The molecule has 1 aromatic rings. The van der Waals surface area contributed by atoms with Crippen molar-refractivity contribution in [1.29, 1.82) is 0 Å². The molecule has 2 aliphatic carbocycles. The van der Waals surface area contributed by atoms with Gasteiger partial charge in [0.2, 0.25) is 5.91 Å². The van der Waals surface area contributed by atoms with Crippen molar-refractivity contribution in [3.8, 4) is 0 Å². The van der Waals surface area contributed by atoms with Crippen LogP contribution in [0.15, 0.2) is 24.3 Å². The summed E-state index contributed by atoms with van der Waals surface area (Å²) in [5, 5.41) is 3.37. The number of nitrogens with one attached hydrogen (secondary N) is 1. The molecule has 0 radical (unpaired) electrons. The Morgan fingerprint density at radius 3 is 2.33 bits per heavy atom. The number of hydrogen-bond donors (Lipinski definition) is 2. The second-order valence-corrected chi connectivity index (χ2v) is 7.53. The van der Waals surface area contributed by atoms with E-state index >= 15 is 0 Å². The highest BCUT2D eigenvalue weighted by Crippen LogP contribution is 2.39. The Labute approximate surface area is 152 Å². The number of halogens is 1. The zero-order valence-corrected chi connectivity index (χ0v) is 15.6. The Hall–Kier alpha value is -1.06. The molecule has 2 fully saturated rings. The molecule has 3 N–H and O–H groups in total. The van der Waals surface area contributed by atoms with Crippen molar-refractivity contribution in [2.24, 2.45) is 17.6 Å². The minimum atomic E-state index is -0.0859. The molecule has 0 spiro atoms. The standard InChI is InChI=1S/C20H30N2O.ClH/c1-3-14-7-9-15(10-8-14)13(2)20(23)22-19-16-5-4-6-17(19)12-18(21)11-16;/h7-10,13,16-19H,3-6,11-12,21H2,1-2H3,(H,22,23);1H. The third-order valence-corrected chi connectivity index (χ3v) is 5.97. The quantitative estimate of drug-likeness (QED) is 0.867. The smallest absolute Gasteiger partial charge is 0.227 e. The Balaban J connectivity index is 0.00000208. The zero-order chi connectivity index (χ0) is 16.4. The largest absolute Gasteiger partial charge is 0.352 e. The molecule has 3 nitrogen and oxygen atoms in total. The molecule has 1 amide bonds. The molecule has 24 heavy (non-hydrogen) atoms. The Bertz CT molecular complexity index is 531. The van der Waals surface area contributed by atoms with Crippen molar-refractivity contribution in [3.05, 3.63) is 35.4 Å². The highest BCUT2D eigenvalue weighted by molar-refractivity contribution is 5.85. The van der Waals surface area contributed by atoms with E-state index in [1.54, 1.807) is 0 Å². The first-order valence-corrected chi connectivity index (χ1v) is 9.23. The van der Waals surface area contributed by atoms with Crippen LogP contribution in [0.3, 0.4) is 0 Å². The number of nitrogens with two attached hydrogens (primary N) is 1. The highest BCUT2D eigenvalue weighted by atomic mass is 35.5. The van der Waals surface area contributed by atoms with Gasteiger partial charge in [-0.3, -0.25) is 4.79 Å². The van der Waals surface area contributed by atoms with Crippen LogP contribution < -0.4 is 11.1 Å². The van der Waals surface area contributed by atoms with Crippen LogP contribution in [-0.2, 0) is 11.2 Å². The lowest BCUT2D eigenvalue weighted by atomic mass is 9.67. The number of fused-ring (bicyclic) bond motifs is 2. The van der Waals surface area contributed by atoms with Crippen LogP contribution in [0.1, 0.15) is 63.0 Å². The second kappa shape index (κ2) is 8.35. The summed E-state index contributed by atoms with van der Waals surface area (Å²) in [5.74, 6) is 1.25. The minimum Gasteiger partial charge on any atom is -0.352 e.